The Labute approximate surface area is 181 Å². The van der Waals surface area contributed by atoms with E-state index in [0.717, 1.165) is 24.2 Å². The zero-order chi connectivity index (χ0) is 22.2. The van der Waals surface area contributed by atoms with E-state index in [1.165, 1.54) is 0 Å². The van der Waals surface area contributed by atoms with Crippen LogP contribution in [0.3, 0.4) is 0 Å². The van der Waals surface area contributed by atoms with Crippen LogP contribution in [-0.2, 0) is 4.74 Å². The summed E-state index contributed by atoms with van der Waals surface area (Å²) in [6, 6.07) is 15.6. The molecule has 2 aromatic carbocycles. The number of amides is 1. The summed E-state index contributed by atoms with van der Waals surface area (Å²) in [4.78, 5) is 33.3. The Bertz CT molecular complexity index is 1040. The van der Waals surface area contributed by atoms with Gasteiger partial charge in [0.2, 0.25) is 5.95 Å². The molecule has 0 bridgehead atoms. The predicted molar refractivity (Wildman–Crippen MR) is 121 cm³/mol. The number of carbonyl (C=O) groups is 2. The fourth-order valence-electron chi connectivity index (χ4n) is 2.93. The quantitative estimate of drug-likeness (QED) is 0.393. The lowest BCUT2D eigenvalue weighted by Crippen LogP contribution is -2.12. The number of esters is 1. The summed E-state index contributed by atoms with van der Waals surface area (Å²) in [5, 5.41) is 5.97. The molecule has 0 radical (unpaired) electrons. The molecule has 1 heterocycles. The van der Waals surface area contributed by atoms with Gasteiger partial charge < -0.3 is 15.4 Å². The number of benzene rings is 2. The van der Waals surface area contributed by atoms with E-state index in [1.54, 1.807) is 42.5 Å². The minimum absolute atomic E-state index is 0.261. The van der Waals surface area contributed by atoms with Crippen molar-refractivity contribution in [3.8, 4) is 0 Å². The van der Waals surface area contributed by atoms with Gasteiger partial charge in [-0.2, -0.15) is 0 Å². The standard InChI is InChI=1S/C24H26N4O3/c1-4-5-13-31-23(30)18-9-11-20(12-10-18)27-22(29)19-7-6-8-21(15-19)28-24-25-16(2)14-17(3)26-24/h6-12,14-15H,4-5,13H2,1-3H3,(H,27,29)(H,25,26,28). The minimum atomic E-state index is -0.362. The first-order valence-electron chi connectivity index (χ1n) is 10.2. The summed E-state index contributed by atoms with van der Waals surface area (Å²) in [7, 11) is 0. The van der Waals surface area contributed by atoms with Gasteiger partial charge in [0.15, 0.2) is 0 Å². The van der Waals surface area contributed by atoms with E-state index >= 15 is 0 Å². The van der Waals surface area contributed by atoms with Gasteiger partial charge in [-0.25, -0.2) is 14.8 Å². The van der Waals surface area contributed by atoms with Gasteiger partial charge in [-0.15, -0.1) is 0 Å². The molecule has 1 aromatic heterocycles. The van der Waals surface area contributed by atoms with Crippen molar-refractivity contribution in [2.75, 3.05) is 17.2 Å². The molecule has 7 nitrogen and oxygen atoms in total. The van der Waals surface area contributed by atoms with Gasteiger partial charge in [-0.05, 0) is 68.8 Å². The molecule has 0 fully saturated rings. The first kappa shape index (κ1) is 22.0. The smallest absolute Gasteiger partial charge is 0.338 e. The van der Waals surface area contributed by atoms with Gasteiger partial charge >= 0.3 is 5.97 Å². The third-order valence-corrected chi connectivity index (χ3v) is 4.47. The Morgan fingerprint density at radius 2 is 1.61 bits per heavy atom. The van der Waals surface area contributed by atoms with E-state index in [-0.39, 0.29) is 11.9 Å². The van der Waals surface area contributed by atoms with Gasteiger partial charge in [0.25, 0.3) is 5.91 Å². The zero-order valence-corrected chi connectivity index (χ0v) is 17.9. The highest BCUT2D eigenvalue weighted by Gasteiger charge is 2.10. The van der Waals surface area contributed by atoms with Crippen molar-refractivity contribution in [3.05, 3.63) is 77.1 Å². The lowest BCUT2D eigenvalue weighted by Gasteiger charge is -2.10. The van der Waals surface area contributed by atoms with Crippen LogP contribution in [0.2, 0.25) is 0 Å². The van der Waals surface area contributed by atoms with Crippen LogP contribution in [0.4, 0.5) is 17.3 Å². The molecule has 3 rings (SSSR count). The molecule has 0 saturated carbocycles. The highest BCUT2D eigenvalue weighted by molar-refractivity contribution is 6.05. The molecule has 160 valence electrons. The number of hydrogen-bond donors (Lipinski definition) is 2. The Hall–Kier alpha value is -3.74. The number of unbranched alkanes of at least 4 members (excludes halogenated alkanes) is 1. The van der Waals surface area contributed by atoms with Crippen LogP contribution in [0, 0.1) is 13.8 Å². The van der Waals surface area contributed by atoms with Gasteiger partial charge in [0, 0.05) is 28.3 Å². The van der Waals surface area contributed by atoms with E-state index in [1.807, 2.05) is 32.9 Å². The number of hydrogen-bond acceptors (Lipinski definition) is 6. The minimum Gasteiger partial charge on any atom is -0.462 e. The largest absolute Gasteiger partial charge is 0.462 e. The molecular weight excluding hydrogens is 392 g/mol. The first-order valence-corrected chi connectivity index (χ1v) is 10.2. The third kappa shape index (κ3) is 6.37. The monoisotopic (exact) mass is 418 g/mol. The van der Waals surface area contributed by atoms with E-state index in [2.05, 4.69) is 20.6 Å². The maximum Gasteiger partial charge on any atom is 0.338 e. The highest BCUT2D eigenvalue weighted by Crippen LogP contribution is 2.18. The number of aromatic nitrogens is 2. The molecule has 0 unspecified atom stereocenters. The van der Waals surface area contributed by atoms with Gasteiger partial charge in [0.05, 0.1) is 12.2 Å². The molecule has 0 saturated heterocycles. The van der Waals surface area contributed by atoms with Crippen LogP contribution >= 0.6 is 0 Å². The predicted octanol–water partition coefficient (Wildman–Crippen LogP) is 5.05. The number of anilines is 3. The molecule has 31 heavy (non-hydrogen) atoms. The molecular formula is C24H26N4O3. The number of aryl methyl sites for hydroxylation is 2. The summed E-state index contributed by atoms with van der Waals surface area (Å²) in [6.45, 7) is 6.25. The lowest BCUT2D eigenvalue weighted by atomic mass is 10.1. The average Bonchev–Trinajstić information content (AvgIpc) is 2.74. The normalized spacial score (nSPS) is 10.4. The molecule has 3 aromatic rings. The Morgan fingerprint density at radius 3 is 2.29 bits per heavy atom. The second-order valence-corrected chi connectivity index (χ2v) is 7.20. The highest BCUT2D eigenvalue weighted by atomic mass is 16.5. The van der Waals surface area contributed by atoms with Crippen LogP contribution in [-0.4, -0.2) is 28.5 Å². The van der Waals surface area contributed by atoms with Crippen molar-refractivity contribution < 1.29 is 14.3 Å². The van der Waals surface area contributed by atoms with Crippen molar-refractivity contribution in [3.63, 3.8) is 0 Å². The second-order valence-electron chi connectivity index (χ2n) is 7.20. The van der Waals surface area contributed by atoms with Crippen molar-refractivity contribution in [2.24, 2.45) is 0 Å². The summed E-state index contributed by atoms with van der Waals surface area (Å²) >= 11 is 0. The summed E-state index contributed by atoms with van der Waals surface area (Å²) < 4.78 is 5.19. The molecule has 0 aliphatic carbocycles. The summed E-state index contributed by atoms with van der Waals surface area (Å²) in [5.74, 6) is -0.140. The van der Waals surface area contributed by atoms with Crippen molar-refractivity contribution in [2.45, 2.75) is 33.6 Å². The Balaban J connectivity index is 1.64. The Kier molecular flexibility index (Phi) is 7.32. The van der Waals surface area contributed by atoms with Crippen LogP contribution in [0.25, 0.3) is 0 Å². The number of nitrogens with one attached hydrogen (secondary N) is 2. The number of nitrogens with zero attached hydrogens (tertiary/aromatic N) is 2. The van der Waals surface area contributed by atoms with Crippen molar-refractivity contribution in [1.82, 2.24) is 9.97 Å². The SMILES string of the molecule is CCCCOC(=O)c1ccc(NC(=O)c2cccc(Nc3nc(C)cc(C)n3)c2)cc1. The van der Waals surface area contributed by atoms with Gasteiger partial charge in [-0.1, -0.05) is 19.4 Å². The molecule has 1 amide bonds. The zero-order valence-electron chi connectivity index (χ0n) is 17.9. The first-order chi connectivity index (χ1) is 14.9. The summed E-state index contributed by atoms with van der Waals surface area (Å²) in [5.41, 5.74) is 3.96. The van der Waals surface area contributed by atoms with Crippen LogP contribution < -0.4 is 10.6 Å². The maximum atomic E-state index is 12.7. The number of ether oxygens (including phenoxy) is 1. The second kappa shape index (κ2) is 10.3. The maximum absolute atomic E-state index is 12.7. The molecule has 0 spiro atoms. The summed E-state index contributed by atoms with van der Waals surface area (Å²) in [6.07, 6.45) is 1.80. The van der Waals surface area contributed by atoms with Crippen LogP contribution in [0.15, 0.2) is 54.6 Å². The van der Waals surface area contributed by atoms with Gasteiger partial charge in [-0.3, -0.25) is 4.79 Å². The topological polar surface area (TPSA) is 93.2 Å². The Morgan fingerprint density at radius 1 is 0.903 bits per heavy atom. The van der Waals surface area contributed by atoms with Crippen molar-refractivity contribution in [1.29, 1.82) is 0 Å². The van der Waals surface area contributed by atoms with E-state index in [4.69, 9.17) is 4.74 Å². The number of carbonyl (C=O) groups excluding carboxylic acids is 2. The molecule has 7 heteroatoms. The average molecular weight is 418 g/mol. The molecule has 0 aliphatic rings. The lowest BCUT2D eigenvalue weighted by molar-refractivity contribution is 0.0499. The van der Waals surface area contributed by atoms with Crippen LogP contribution in [0.1, 0.15) is 51.9 Å². The fraction of sp³-hybridized carbons (Fsp3) is 0.250. The number of rotatable bonds is 8. The van der Waals surface area contributed by atoms with Crippen molar-refractivity contribution >= 4 is 29.2 Å². The van der Waals surface area contributed by atoms with E-state index in [9.17, 15) is 9.59 Å². The molecule has 2 N–H and O–H groups in total. The van der Waals surface area contributed by atoms with Crippen LogP contribution in [0.5, 0.6) is 0 Å². The van der Waals surface area contributed by atoms with E-state index in [0.29, 0.717) is 35.1 Å². The molecule has 0 aliphatic heterocycles. The van der Waals surface area contributed by atoms with E-state index < -0.39 is 0 Å². The molecule has 0 atom stereocenters. The van der Waals surface area contributed by atoms with Gasteiger partial charge in [0.1, 0.15) is 0 Å². The fourth-order valence-corrected chi connectivity index (χ4v) is 2.93. The third-order valence-electron chi connectivity index (χ3n) is 4.47.